The van der Waals surface area contributed by atoms with Gasteiger partial charge in [-0.3, -0.25) is 0 Å². The molecule has 1 aliphatic carbocycles. The van der Waals surface area contributed by atoms with Crippen molar-refractivity contribution in [1.82, 2.24) is 10.2 Å². The lowest BCUT2D eigenvalue weighted by Gasteiger charge is -2.26. The monoisotopic (exact) mass is 296 g/mol. The van der Waals surface area contributed by atoms with Crippen LogP contribution < -0.4 is 5.32 Å². The predicted molar refractivity (Wildman–Crippen MR) is 77.8 cm³/mol. The number of nitrogens with zero attached hydrogens (tertiary/aromatic N) is 1. The molecule has 1 aromatic heterocycles. The zero-order valence-corrected chi connectivity index (χ0v) is 12.5. The summed E-state index contributed by atoms with van der Waals surface area (Å²) >= 11 is 1.34. The second-order valence-electron chi connectivity index (χ2n) is 5.51. The number of carbonyl (C=O) groups excluding carboxylic acids is 1. The van der Waals surface area contributed by atoms with Gasteiger partial charge in [-0.05, 0) is 30.2 Å². The second kappa shape index (κ2) is 6.26. The van der Waals surface area contributed by atoms with Crippen molar-refractivity contribution in [3.8, 4) is 0 Å². The van der Waals surface area contributed by atoms with Crippen LogP contribution in [0.25, 0.3) is 0 Å². The Bertz CT molecular complexity index is 469. The quantitative estimate of drug-likeness (QED) is 0.848. The number of rotatable bonds is 6. The average molecular weight is 296 g/mol. The van der Waals surface area contributed by atoms with E-state index in [1.54, 1.807) is 17.0 Å². The molecule has 1 fully saturated rings. The molecule has 1 unspecified atom stereocenters. The van der Waals surface area contributed by atoms with Crippen LogP contribution in [-0.4, -0.2) is 34.6 Å². The molecule has 2 rings (SSSR count). The van der Waals surface area contributed by atoms with Crippen molar-refractivity contribution in [1.29, 1.82) is 0 Å². The molecule has 0 aromatic carbocycles. The number of carbonyl (C=O) groups is 2. The summed E-state index contributed by atoms with van der Waals surface area (Å²) in [5.74, 6) is -0.660. The molecule has 0 saturated heterocycles. The van der Waals surface area contributed by atoms with E-state index in [9.17, 15) is 14.7 Å². The lowest BCUT2D eigenvalue weighted by atomic mass is 10.2. The van der Waals surface area contributed by atoms with Crippen LogP contribution in [-0.2, 0) is 4.79 Å². The standard InChI is InChI=1S/C14H20N2O3S/c1-9(2)8-16(10-5-6-10)14(19)15-12(13(17)18)11-4-3-7-20-11/h3-4,7,9-10,12H,5-6,8H2,1-2H3,(H,15,19)(H,17,18). The molecule has 2 N–H and O–H groups in total. The zero-order chi connectivity index (χ0) is 14.7. The summed E-state index contributed by atoms with van der Waals surface area (Å²) in [6.45, 7) is 4.76. The van der Waals surface area contributed by atoms with Gasteiger partial charge in [-0.2, -0.15) is 0 Å². The minimum absolute atomic E-state index is 0.273. The Balaban J connectivity index is 2.05. The van der Waals surface area contributed by atoms with Gasteiger partial charge in [0, 0.05) is 17.5 Å². The Morgan fingerprint density at radius 2 is 2.20 bits per heavy atom. The third-order valence-corrected chi connectivity index (χ3v) is 4.09. The van der Waals surface area contributed by atoms with E-state index in [0.717, 1.165) is 12.8 Å². The van der Waals surface area contributed by atoms with E-state index in [2.05, 4.69) is 19.2 Å². The predicted octanol–water partition coefficient (Wildman–Crippen LogP) is 2.70. The maximum atomic E-state index is 12.3. The molecule has 0 radical (unpaired) electrons. The van der Waals surface area contributed by atoms with Gasteiger partial charge in [0.1, 0.15) is 0 Å². The summed E-state index contributed by atoms with van der Waals surface area (Å²) in [4.78, 5) is 26.1. The van der Waals surface area contributed by atoms with Gasteiger partial charge in [-0.15, -0.1) is 11.3 Å². The normalized spacial score (nSPS) is 15.9. The van der Waals surface area contributed by atoms with Crippen LogP contribution in [0, 0.1) is 5.92 Å². The van der Waals surface area contributed by atoms with Crippen molar-refractivity contribution in [2.75, 3.05) is 6.54 Å². The first-order chi connectivity index (χ1) is 9.49. The van der Waals surface area contributed by atoms with Crippen molar-refractivity contribution in [2.24, 2.45) is 5.92 Å². The second-order valence-corrected chi connectivity index (χ2v) is 6.49. The molecule has 5 nitrogen and oxygen atoms in total. The summed E-state index contributed by atoms with van der Waals surface area (Å²) in [5.41, 5.74) is 0. The van der Waals surface area contributed by atoms with Crippen LogP contribution in [0.15, 0.2) is 17.5 Å². The molecule has 110 valence electrons. The summed E-state index contributed by atoms with van der Waals surface area (Å²) in [6.07, 6.45) is 2.02. The molecule has 0 spiro atoms. The van der Waals surface area contributed by atoms with Crippen molar-refractivity contribution >= 4 is 23.3 Å². The van der Waals surface area contributed by atoms with Crippen molar-refractivity contribution < 1.29 is 14.7 Å². The molecule has 1 heterocycles. The van der Waals surface area contributed by atoms with Gasteiger partial charge in [0.05, 0.1) is 0 Å². The third-order valence-electron chi connectivity index (χ3n) is 3.15. The number of carboxylic acids is 1. The van der Waals surface area contributed by atoms with Gasteiger partial charge < -0.3 is 15.3 Å². The number of thiophene rings is 1. The van der Waals surface area contributed by atoms with E-state index >= 15 is 0 Å². The van der Waals surface area contributed by atoms with Gasteiger partial charge in [0.25, 0.3) is 0 Å². The average Bonchev–Trinajstić information content (AvgIpc) is 3.07. The summed E-state index contributed by atoms with van der Waals surface area (Å²) < 4.78 is 0. The molecule has 1 saturated carbocycles. The van der Waals surface area contributed by atoms with E-state index in [-0.39, 0.29) is 12.1 Å². The first-order valence-electron chi connectivity index (χ1n) is 6.82. The zero-order valence-electron chi connectivity index (χ0n) is 11.7. The summed E-state index contributed by atoms with van der Waals surface area (Å²) in [7, 11) is 0. The Morgan fingerprint density at radius 3 is 2.65 bits per heavy atom. The van der Waals surface area contributed by atoms with Gasteiger partial charge in [-0.25, -0.2) is 9.59 Å². The van der Waals surface area contributed by atoms with Crippen molar-refractivity contribution in [3.63, 3.8) is 0 Å². The van der Waals surface area contributed by atoms with Gasteiger partial charge in [-0.1, -0.05) is 19.9 Å². The fourth-order valence-electron chi connectivity index (χ4n) is 2.09. The molecule has 20 heavy (non-hydrogen) atoms. The number of carboxylic acid groups (broad SMARTS) is 1. The Morgan fingerprint density at radius 1 is 1.50 bits per heavy atom. The molecule has 6 heteroatoms. The number of nitrogens with one attached hydrogen (secondary N) is 1. The maximum absolute atomic E-state index is 12.3. The van der Waals surface area contributed by atoms with Crippen LogP contribution in [0.1, 0.15) is 37.6 Å². The third kappa shape index (κ3) is 3.72. The minimum Gasteiger partial charge on any atom is -0.479 e. The molecule has 1 aromatic rings. The minimum atomic E-state index is -1.03. The Kier molecular flexibility index (Phi) is 4.65. The summed E-state index contributed by atoms with van der Waals surface area (Å²) in [6, 6.07) is 2.55. The van der Waals surface area contributed by atoms with E-state index in [1.807, 2.05) is 5.38 Å². The molecule has 0 bridgehead atoms. The number of hydrogen-bond acceptors (Lipinski definition) is 3. The molecular weight excluding hydrogens is 276 g/mol. The van der Waals surface area contributed by atoms with Crippen molar-refractivity contribution in [3.05, 3.63) is 22.4 Å². The molecule has 1 atom stereocenters. The van der Waals surface area contributed by atoms with Crippen LogP contribution in [0.5, 0.6) is 0 Å². The first kappa shape index (κ1) is 14.8. The first-order valence-corrected chi connectivity index (χ1v) is 7.70. The number of urea groups is 1. The van der Waals surface area contributed by atoms with Gasteiger partial charge >= 0.3 is 12.0 Å². The molecular formula is C14H20N2O3S. The van der Waals surface area contributed by atoms with Crippen LogP contribution in [0.4, 0.5) is 4.79 Å². The molecule has 2 amide bonds. The Labute approximate surface area is 122 Å². The fourth-order valence-corrected chi connectivity index (χ4v) is 2.86. The van der Waals surface area contributed by atoms with E-state index in [0.29, 0.717) is 17.3 Å². The summed E-state index contributed by atoms with van der Waals surface area (Å²) in [5, 5.41) is 13.7. The van der Waals surface area contributed by atoms with Crippen LogP contribution >= 0.6 is 11.3 Å². The lowest BCUT2D eigenvalue weighted by molar-refractivity contribution is -0.139. The van der Waals surface area contributed by atoms with E-state index < -0.39 is 12.0 Å². The van der Waals surface area contributed by atoms with Crippen molar-refractivity contribution in [2.45, 2.75) is 38.8 Å². The highest BCUT2D eigenvalue weighted by atomic mass is 32.1. The highest BCUT2D eigenvalue weighted by Gasteiger charge is 2.35. The smallest absolute Gasteiger partial charge is 0.331 e. The SMILES string of the molecule is CC(C)CN(C(=O)NC(C(=O)O)c1cccs1)C1CC1. The number of amides is 2. The Hall–Kier alpha value is -1.56. The highest BCUT2D eigenvalue weighted by Crippen LogP contribution is 2.28. The maximum Gasteiger partial charge on any atom is 0.331 e. The highest BCUT2D eigenvalue weighted by molar-refractivity contribution is 7.10. The largest absolute Gasteiger partial charge is 0.479 e. The molecule has 1 aliphatic rings. The van der Waals surface area contributed by atoms with Gasteiger partial charge in [0.2, 0.25) is 0 Å². The number of hydrogen-bond donors (Lipinski definition) is 2. The van der Waals surface area contributed by atoms with Crippen LogP contribution in [0.2, 0.25) is 0 Å². The fraction of sp³-hybridized carbons (Fsp3) is 0.571. The topological polar surface area (TPSA) is 69.6 Å². The number of aliphatic carboxylic acids is 1. The van der Waals surface area contributed by atoms with E-state index in [4.69, 9.17) is 0 Å². The lowest BCUT2D eigenvalue weighted by Crippen LogP contribution is -2.46. The van der Waals surface area contributed by atoms with Crippen LogP contribution in [0.3, 0.4) is 0 Å². The molecule has 0 aliphatic heterocycles. The van der Waals surface area contributed by atoms with Gasteiger partial charge in [0.15, 0.2) is 6.04 Å². The van der Waals surface area contributed by atoms with E-state index in [1.165, 1.54) is 11.3 Å².